The first-order valence-electron chi connectivity index (χ1n) is 22.0. The SMILES string of the molecule is O=C1CCC(Nc2ccc(N3CCN(CC4CCC(CC(=O)NC5CCC(Nc6ncc(F)c(-c7cccc(N8CCCCC8=O)c7)n6)CC5)CC4)CC3)c(F)c2)C(=O)N1. The van der Waals surface area contributed by atoms with Crippen LogP contribution in [0.15, 0.2) is 48.7 Å². The van der Waals surface area contributed by atoms with Crippen molar-refractivity contribution in [2.75, 3.05) is 59.7 Å². The number of piperidine rings is 2. The van der Waals surface area contributed by atoms with Crippen LogP contribution in [0.3, 0.4) is 0 Å². The van der Waals surface area contributed by atoms with Crippen molar-refractivity contribution < 1.29 is 28.0 Å². The van der Waals surface area contributed by atoms with Gasteiger partial charge in [-0.15, -0.1) is 0 Å². The average molecular weight is 826 g/mol. The van der Waals surface area contributed by atoms with E-state index in [1.165, 1.54) is 12.3 Å². The fraction of sp³-hybridized carbons (Fsp3) is 0.556. The first-order valence-corrected chi connectivity index (χ1v) is 22.0. The van der Waals surface area contributed by atoms with Gasteiger partial charge in [0.2, 0.25) is 29.6 Å². The predicted octanol–water partition coefficient (Wildman–Crippen LogP) is 6.01. The number of aromatic nitrogens is 2. The molecule has 2 aliphatic carbocycles. The number of carbonyl (C=O) groups is 4. The van der Waals surface area contributed by atoms with E-state index in [4.69, 9.17) is 0 Å². The van der Waals surface area contributed by atoms with E-state index < -0.39 is 11.9 Å². The Balaban J connectivity index is 0.720. The van der Waals surface area contributed by atoms with E-state index in [1.807, 2.05) is 18.2 Å². The van der Waals surface area contributed by atoms with Crippen molar-refractivity contribution in [1.29, 1.82) is 0 Å². The fourth-order valence-electron chi connectivity index (χ4n) is 9.69. The zero-order valence-corrected chi connectivity index (χ0v) is 34.3. The van der Waals surface area contributed by atoms with E-state index in [2.05, 4.69) is 41.0 Å². The van der Waals surface area contributed by atoms with Gasteiger partial charge in [0.25, 0.3) is 0 Å². The Kier molecular flexibility index (Phi) is 13.2. The molecule has 4 N–H and O–H groups in total. The molecule has 0 radical (unpaired) electrons. The Hall–Kier alpha value is -5.18. The smallest absolute Gasteiger partial charge is 0.249 e. The number of rotatable bonds is 12. The van der Waals surface area contributed by atoms with E-state index in [0.29, 0.717) is 60.5 Å². The van der Waals surface area contributed by atoms with E-state index in [1.54, 1.807) is 23.1 Å². The van der Waals surface area contributed by atoms with Crippen molar-refractivity contribution in [2.45, 2.75) is 108 Å². The molecule has 15 heteroatoms. The van der Waals surface area contributed by atoms with E-state index in [-0.39, 0.29) is 53.6 Å². The fourth-order valence-corrected chi connectivity index (χ4v) is 9.69. The molecule has 3 aliphatic heterocycles. The summed E-state index contributed by atoms with van der Waals surface area (Å²) in [5, 5.41) is 12.1. The predicted molar refractivity (Wildman–Crippen MR) is 226 cm³/mol. The van der Waals surface area contributed by atoms with Crippen LogP contribution in [0.4, 0.5) is 31.8 Å². The monoisotopic (exact) mass is 825 g/mol. The van der Waals surface area contributed by atoms with Gasteiger partial charge in [-0.2, -0.15) is 0 Å². The molecule has 8 rings (SSSR count). The van der Waals surface area contributed by atoms with Gasteiger partial charge in [0.05, 0.1) is 11.9 Å². The summed E-state index contributed by atoms with van der Waals surface area (Å²) in [6, 6.07) is 12.0. The quantitative estimate of drug-likeness (QED) is 0.160. The van der Waals surface area contributed by atoms with Gasteiger partial charge < -0.3 is 25.8 Å². The van der Waals surface area contributed by atoms with Crippen LogP contribution in [0, 0.1) is 23.5 Å². The number of benzene rings is 2. The molecule has 2 saturated carbocycles. The molecule has 2 aromatic carbocycles. The van der Waals surface area contributed by atoms with Gasteiger partial charge in [0.15, 0.2) is 5.82 Å². The number of nitrogens with one attached hydrogen (secondary N) is 4. The number of piperazine rings is 1. The van der Waals surface area contributed by atoms with Crippen molar-refractivity contribution >= 4 is 46.6 Å². The van der Waals surface area contributed by atoms with Crippen LogP contribution in [-0.2, 0) is 19.2 Å². The van der Waals surface area contributed by atoms with E-state index >= 15 is 4.39 Å². The summed E-state index contributed by atoms with van der Waals surface area (Å²) in [7, 11) is 0. The maximum atomic E-state index is 15.2. The molecule has 0 bridgehead atoms. The molecule has 1 aromatic heterocycles. The third-order valence-corrected chi connectivity index (χ3v) is 13.1. The van der Waals surface area contributed by atoms with Gasteiger partial charge in [-0.25, -0.2) is 18.7 Å². The van der Waals surface area contributed by atoms with Crippen molar-refractivity contribution in [3.63, 3.8) is 0 Å². The molecule has 3 saturated heterocycles. The average Bonchev–Trinajstić information content (AvgIpc) is 3.25. The van der Waals surface area contributed by atoms with Gasteiger partial charge in [0, 0.05) is 87.6 Å². The van der Waals surface area contributed by atoms with Crippen molar-refractivity contribution in [3.8, 4) is 11.3 Å². The molecule has 1 atom stereocenters. The van der Waals surface area contributed by atoms with Crippen molar-refractivity contribution in [1.82, 2.24) is 25.5 Å². The van der Waals surface area contributed by atoms with Gasteiger partial charge >= 0.3 is 0 Å². The molecular weight excluding hydrogens is 769 g/mol. The molecule has 3 aromatic rings. The number of imide groups is 1. The van der Waals surface area contributed by atoms with Crippen LogP contribution in [0.25, 0.3) is 11.3 Å². The second-order valence-corrected chi connectivity index (χ2v) is 17.4. The molecule has 320 valence electrons. The summed E-state index contributed by atoms with van der Waals surface area (Å²) in [6.45, 7) is 4.90. The Labute approximate surface area is 350 Å². The molecular formula is C45H57F2N9O4. The molecule has 0 spiro atoms. The molecule has 1 unspecified atom stereocenters. The van der Waals surface area contributed by atoms with E-state index in [0.717, 1.165) is 103 Å². The molecule has 13 nitrogen and oxygen atoms in total. The largest absolute Gasteiger partial charge is 0.374 e. The third-order valence-electron chi connectivity index (χ3n) is 13.1. The number of halogens is 2. The van der Waals surface area contributed by atoms with Gasteiger partial charge in [-0.1, -0.05) is 12.1 Å². The number of hydrogen-bond acceptors (Lipinski definition) is 10. The number of hydrogen-bond donors (Lipinski definition) is 4. The maximum Gasteiger partial charge on any atom is 0.249 e. The van der Waals surface area contributed by atoms with E-state index in [9.17, 15) is 23.6 Å². The highest BCUT2D eigenvalue weighted by molar-refractivity contribution is 6.01. The minimum Gasteiger partial charge on any atom is -0.374 e. The number of nitrogens with zero attached hydrogens (tertiary/aromatic N) is 5. The second-order valence-electron chi connectivity index (χ2n) is 17.4. The second kappa shape index (κ2) is 19.0. The van der Waals surface area contributed by atoms with Crippen LogP contribution in [0.5, 0.6) is 0 Å². The number of amides is 4. The normalized spacial score (nSPS) is 25.4. The van der Waals surface area contributed by atoms with Crippen LogP contribution in [-0.4, -0.2) is 95.9 Å². The minimum atomic E-state index is -0.552. The molecule has 4 heterocycles. The standard InChI is InChI=1S/C45H57F2N9O4/c46-36-26-34(49-38-16-18-40(57)52-44(38)60)15-17-39(36)55-22-20-54(21-23-55)28-30-9-7-29(8-10-30)24-41(58)50-32-11-13-33(14-12-32)51-45-48-27-37(47)43(53-45)31-4-3-5-35(25-31)56-19-2-1-6-42(56)59/h3-5,15,17,25-27,29-30,32-33,38,49H,1-2,6-14,16,18-24,28H2,(H,50,58)(H,48,51,53)(H,52,57,60). The van der Waals surface area contributed by atoms with Gasteiger partial charge in [-0.3, -0.25) is 29.4 Å². The van der Waals surface area contributed by atoms with Gasteiger partial charge in [0.1, 0.15) is 17.6 Å². The Morgan fingerprint density at radius 1 is 0.783 bits per heavy atom. The van der Waals surface area contributed by atoms with Crippen LogP contribution in [0.1, 0.15) is 89.9 Å². The Bertz CT molecular complexity index is 2030. The molecule has 60 heavy (non-hydrogen) atoms. The van der Waals surface area contributed by atoms with Crippen LogP contribution < -0.4 is 31.1 Å². The lowest BCUT2D eigenvalue weighted by atomic mass is 9.80. The summed E-state index contributed by atoms with van der Waals surface area (Å²) < 4.78 is 30.2. The maximum absolute atomic E-state index is 15.2. The minimum absolute atomic E-state index is 0.0873. The highest BCUT2D eigenvalue weighted by Crippen LogP contribution is 2.33. The third kappa shape index (κ3) is 10.4. The topological polar surface area (TPSA) is 152 Å². The lowest BCUT2D eigenvalue weighted by molar-refractivity contribution is -0.133. The van der Waals surface area contributed by atoms with Crippen LogP contribution >= 0.6 is 0 Å². The summed E-state index contributed by atoms with van der Waals surface area (Å²) in [5.74, 6) is 0.0968. The van der Waals surface area contributed by atoms with Gasteiger partial charge in [-0.05, 0) is 113 Å². The highest BCUT2D eigenvalue weighted by Gasteiger charge is 2.30. The molecule has 5 fully saturated rings. The van der Waals surface area contributed by atoms with Crippen molar-refractivity contribution in [3.05, 3.63) is 60.3 Å². The Morgan fingerprint density at radius 2 is 1.55 bits per heavy atom. The molecule has 4 amide bonds. The number of carbonyl (C=O) groups excluding carboxylic acids is 4. The zero-order valence-electron chi connectivity index (χ0n) is 34.3. The highest BCUT2D eigenvalue weighted by atomic mass is 19.1. The summed E-state index contributed by atoms with van der Waals surface area (Å²) in [4.78, 5) is 64.2. The number of anilines is 4. The lowest BCUT2D eigenvalue weighted by Crippen LogP contribution is -2.48. The first-order chi connectivity index (χ1) is 29.1. The van der Waals surface area contributed by atoms with Crippen molar-refractivity contribution in [2.24, 2.45) is 11.8 Å². The molecule has 5 aliphatic rings. The Morgan fingerprint density at radius 3 is 2.30 bits per heavy atom. The lowest BCUT2D eigenvalue weighted by Gasteiger charge is -2.39. The van der Waals surface area contributed by atoms with Crippen LogP contribution in [0.2, 0.25) is 0 Å². The zero-order chi connectivity index (χ0) is 41.6. The summed E-state index contributed by atoms with van der Waals surface area (Å²) in [5.41, 5.74) is 2.65. The first kappa shape index (κ1) is 41.5. The summed E-state index contributed by atoms with van der Waals surface area (Å²) >= 11 is 0. The summed E-state index contributed by atoms with van der Waals surface area (Å²) in [6.07, 6.45) is 12.5.